The number of nitriles is 1. The molecule has 1 N–H and O–H groups in total. The molecule has 0 spiro atoms. The van der Waals surface area contributed by atoms with Crippen molar-refractivity contribution in [2.45, 2.75) is 4.90 Å². The van der Waals surface area contributed by atoms with E-state index in [2.05, 4.69) is 11.4 Å². The largest absolute Gasteiger partial charge is 0.484 e. The Bertz CT molecular complexity index is 747. The van der Waals surface area contributed by atoms with E-state index in [1.54, 1.807) is 24.3 Å². The lowest BCUT2D eigenvalue weighted by Crippen LogP contribution is -2.20. The predicted molar refractivity (Wildman–Crippen MR) is 93.4 cm³/mol. The number of hydrogen-bond acceptors (Lipinski definition) is 4. The Morgan fingerprint density at radius 3 is 2.74 bits per heavy atom. The molecule has 2 aromatic rings. The number of carbonyl (C=O) groups excluding carboxylic acids is 1. The molecule has 118 valence electrons. The van der Waals surface area contributed by atoms with E-state index in [0.717, 1.165) is 4.90 Å². The maximum atomic E-state index is 12.0. The van der Waals surface area contributed by atoms with Crippen molar-refractivity contribution < 1.29 is 9.53 Å². The highest BCUT2D eigenvalue weighted by Crippen LogP contribution is 2.27. The molecule has 0 aliphatic heterocycles. The quantitative estimate of drug-likeness (QED) is 0.757. The summed E-state index contributed by atoms with van der Waals surface area (Å²) in [5, 5.41) is 12.2. The van der Waals surface area contributed by atoms with Crippen LogP contribution in [0.3, 0.4) is 0 Å². The molecule has 0 heterocycles. The first-order chi connectivity index (χ1) is 11.1. The van der Waals surface area contributed by atoms with Gasteiger partial charge in [-0.25, -0.2) is 0 Å². The predicted octanol–water partition coefficient (Wildman–Crippen LogP) is 4.63. The number of halogens is 2. The fraction of sp³-hybridized carbons (Fsp3) is 0.125. The van der Waals surface area contributed by atoms with Crippen LogP contribution < -0.4 is 10.1 Å². The summed E-state index contributed by atoms with van der Waals surface area (Å²) >= 11 is 13.1. The Morgan fingerprint density at radius 1 is 1.22 bits per heavy atom. The van der Waals surface area contributed by atoms with Crippen molar-refractivity contribution in [3.8, 4) is 11.8 Å². The first kappa shape index (κ1) is 17.5. The van der Waals surface area contributed by atoms with Gasteiger partial charge in [0.1, 0.15) is 5.75 Å². The number of benzene rings is 2. The van der Waals surface area contributed by atoms with Gasteiger partial charge in [0.25, 0.3) is 5.91 Å². The van der Waals surface area contributed by atoms with Gasteiger partial charge in [0.2, 0.25) is 0 Å². The third-order valence-corrected chi connectivity index (χ3v) is 4.39. The molecule has 0 fully saturated rings. The van der Waals surface area contributed by atoms with Gasteiger partial charge in [-0.1, -0.05) is 35.3 Å². The van der Waals surface area contributed by atoms with Gasteiger partial charge in [0.05, 0.1) is 27.6 Å². The molecule has 2 aromatic carbocycles. The summed E-state index contributed by atoms with van der Waals surface area (Å²) in [4.78, 5) is 12.8. The number of para-hydroxylation sites is 1. The Labute approximate surface area is 148 Å². The molecule has 0 bridgehead atoms. The molecular formula is C16H12Cl2N2O2S. The van der Waals surface area contributed by atoms with Gasteiger partial charge < -0.3 is 10.1 Å². The second-order valence-electron chi connectivity index (χ2n) is 4.36. The number of anilines is 1. The van der Waals surface area contributed by atoms with Crippen molar-refractivity contribution in [2.75, 3.05) is 17.7 Å². The highest BCUT2D eigenvalue weighted by atomic mass is 35.5. The van der Waals surface area contributed by atoms with Crippen LogP contribution in [-0.2, 0) is 4.79 Å². The molecule has 1 amide bonds. The number of hydrogen-bond donors (Lipinski definition) is 1. The fourth-order valence-electron chi connectivity index (χ4n) is 1.71. The lowest BCUT2D eigenvalue weighted by atomic mass is 10.3. The molecule has 7 heteroatoms. The highest BCUT2D eigenvalue weighted by molar-refractivity contribution is 7.99. The standard InChI is InChI=1S/C16H12Cl2N2O2S/c17-12-6-5-11(9-13(12)18)22-10-16(21)20-14-3-1-2-4-15(14)23-8-7-19/h1-6,9H,8,10H2,(H,20,21). The minimum atomic E-state index is -0.305. The zero-order chi connectivity index (χ0) is 16.7. The number of carbonyl (C=O) groups is 1. The maximum Gasteiger partial charge on any atom is 0.262 e. The zero-order valence-electron chi connectivity index (χ0n) is 11.9. The third kappa shape index (κ3) is 5.36. The van der Waals surface area contributed by atoms with Crippen LogP contribution in [0.5, 0.6) is 5.75 Å². The topological polar surface area (TPSA) is 62.1 Å². The number of rotatable bonds is 6. The van der Waals surface area contributed by atoms with E-state index in [-0.39, 0.29) is 12.5 Å². The minimum absolute atomic E-state index is 0.158. The van der Waals surface area contributed by atoms with Crippen LogP contribution in [0.4, 0.5) is 5.69 Å². The van der Waals surface area contributed by atoms with E-state index in [1.165, 1.54) is 11.8 Å². The monoisotopic (exact) mass is 366 g/mol. The first-order valence-corrected chi connectivity index (χ1v) is 8.31. The molecule has 0 radical (unpaired) electrons. The SMILES string of the molecule is N#CCSc1ccccc1NC(=O)COc1ccc(Cl)c(Cl)c1. The van der Waals surface area contributed by atoms with E-state index in [9.17, 15) is 4.79 Å². The molecule has 23 heavy (non-hydrogen) atoms. The summed E-state index contributed by atoms with van der Waals surface area (Å²) in [6.07, 6.45) is 0. The molecule has 0 aromatic heterocycles. The zero-order valence-corrected chi connectivity index (χ0v) is 14.2. The molecule has 0 saturated heterocycles. The van der Waals surface area contributed by atoms with Gasteiger partial charge in [-0.05, 0) is 24.3 Å². The molecule has 0 saturated carbocycles. The maximum absolute atomic E-state index is 12.0. The van der Waals surface area contributed by atoms with Crippen molar-refractivity contribution in [3.05, 3.63) is 52.5 Å². The number of nitrogens with zero attached hydrogens (tertiary/aromatic N) is 1. The van der Waals surface area contributed by atoms with Gasteiger partial charge in [-0.2, -0.15) is 5.26 Å². The van der Waals surface area contributed by atoms with E-state index < -0.39 is 0 Å². The van der Waals surface area contributed by atoms with E-state index >= 15 is 0 Å². The number of thioether (sulfide) groups is 1. The normalized spacial score (nSPS) is 9.96. The number of nitrogens with one attached hydrogen (secondary N) is 1. The average molecular weight is 367 g/mol. The Morgan fingerprint density at radius 2 is 2.00 bits per heavy atom. The Hall–Kier alpha value is -1.87. The Balaban J connectivity index is 1.94. The summed E-state index contributed by atoms with van der Waals surface area (Å²) in [6, 6.07) is 14.1. The lowest BCUT2D eigenvalue weighted by Gasteiger charge is -2.11. The van der Waals surface area contributed by atoms with E-state index in [1.807, 2.05) is 18.2 Å². The third-order valence-electron chi connectivity index (χ3n) is 2.71. The van der Waals surface area contributed by atoms with Crippen molar-refractivity contribution >= 4 is 46.6 Å². The molecule has 2 rings (SSSR count). The Kier molecular flexibility index (Phi) is 6.60. The second kappa shape index (κ2) is 8.68. The fourth-order valence-corrected chi connectivity index (χ4v) is 2.67. The molecular weight excluding hydrogens is 355 g/mol. The van der Waals surface area contributed by atoms with Crippen LogP contribution in [0.15, 0.2) is 47.4 Å². The van der Waals surface area contributed by atoms with Gasteiger partial charge in [0, 0.05) is 11.0 Å². The van der Waals surface area contributed by atoms with E-state index in [4.69, 9.17) is 33.2 Å². The summed E-state index contributed by atoms with van der Waals surface area (Å²) in [5.41, 5.74) is 0.649. The van der Waals surface area contributed by atoms with Gasteiger partial charge >= 0.3 is 0 Å². The number of amides is 1. The van der Waals surface area contributed by atoms with Gasteiger partial charge in [0.15, 0.2) is 6.61 Å². The first-order valence-electron chi connectivity index (χ1n) is 6.56. The summed E-state index contributed by atoms with van der Waals surface area (Å²) < 4.78 is 5.38. The van der Waals surface area contributed by atoms with Crippen LogP contribution in [0.2, 0.25) is 10.0 Å². The lowest BCUT2D eigenvalue weighted by molar-refractivity contribution is -0.118. The van der Waals surface area contributed by atoms with Gasteiger partial charge in [-0.3, -0.25) is 4.79 Å². The second-order valence-corrected chi connectivity index (χ2v) is 6.19. The van der Waals surface area contributed by atoms with Crippen LogP contribution >= 0.6 is 35.0 Å². The van der Waals surface area contributed by atoms with Crippen molar-refractivity contribution in [1.29, 1.82) is 5.26 Å². The van der Waals surface area contributed by atoms with Crippen LogP contribution in [-0.4, -0.2) is 18.3 Å². The van der Waals surface area contributed by atoms with Crippen LogP contribution in [0.25, 0.3) is 0 Å². The smallest absolute Gasteiger partial charge is 0.262 e. The van der Waals surface area contributed by atoms with Crippen LogP contribution in [0.1, 0.15) is 0 Å². The van der Waals surface area contributed by atoms with Crippen molar-refractivity contribution in [3.63, 3.8) is 0 Å². The molecule has 0 unspecified atom stereocenters. The average Bonchev–Trinajstić information content (AvgIpc) is 2.55. The summed E-state index contributed by atoms with van der Waals surface area (Å²) in [6.45, 7) is -0.158. The molecule has 0 aliphatic carbocycles. The van der Waals surface area contributed by atoms with Crippen molar-refractivity contribution in [2.24, 2.45) is 0 Å². The summed E-state index contributed by atoms with van der Waals surface area (Å²) in [5.74, 6) is 0.468. The number of ether oxygens (including phenoxy) is 1. The summed E-state index contributed by atoms with van der Waals surface area (Å²) in [7, 11) is 0. The molecule has 0 atom stereocenters. The van der Waals surface area contributed by atoms with Gasteiger partial charge in [-0.15, -0.1) is 11.8 Å². The highest BCUT2D eigenvalue weighted by Gasteiger charge is 2.08. The van der Waals surface area contributed by atoms with E-state index in [0.29, 0.717) is 27.2 Å². The molecule has 4 nitrogen and oxygen atoms in total. The molecule has 0 aliphatic rings. The van der Waals surface area contributed by atoms with Crippen LogP contribution in [0, 0.1) is 11.3 Å². The minimum Gasteiger partial charge on any atom is -0.484 e. The van der Waals surface area contributed by atoms with Crippen molar-refractivity contribution in [1.82, 2.24) is 0 Å².